The molecule has 7 nitrogen and oxygen atoms in total. The molecule has 0 aromatic heterocycles. The molecule has 1 saturated carbocycles. The molecule has 0 unspecified atom stereocenters. The summed E-state index contributed by atoms with van der Waals surface area (Å²) in [6.07, 6.45) is 4.54. The molecular formula is C21H32N2O5S. The van der Waals surface area contributed by atoms with Gasteiger partial charge in [-0.2, -0.15) is 4.31 Å². The zero-order valence-electron chi connectivity index (χ0n) is 17.6. The van der Waals surface area contributed by atoms with Crippen molar-refractivity contribution in [1.29, 1.82) is 0 Å². The Kier molecular flexibility index (Phi) is 6.73. The lowest BCUT2D eigenvalue weighted by Crippen LogP contribution is -2.62. The van der Waals surface area contributed by atoms with Gasteiger partial charge in [-0.25, -0.2) is 8.42 Å². The van der Waals surface area contributed by atoms with Gasteiger partial charge in [0.05, 0.1) is 25.4 Å². The second kappa shape index (κ2) is 8.92. The van der Waals surface area contributed by atoms with Gasteiger partial charge in [-0.05, 0) is 43.4 Å². The van der Waals surface area contributed by atoms with E-state index in [2.05, 4.69) is 5.32 Å². The fourth-order valence-corrected chi connectivity index (χ4v) is 6.83. The zero-order valence-corrected chi connectivity index (χ0v) is 18.4. The summed E-state index contributed by atoms with van der Waals surface area (Å²) < 4.78 is 37.2. The Morgan fingerprint density at radius 3 is 2.66 bits per heavy atom. The van der Waals surface area contributed by atoms with Gasteiger partial charge in [0, 0.05) is 19.1 Å². The molecule has 1 aromatic rings. The molecule has 2 fully saturated rings. The van der Waals surface area contributed by atoms with Gasteiger partial charge in [0.15, 0.2) is 11.5 Å². The average Bonchev–Trinajstić information content (AvgIpc) is 2.73. The standard InChI is InChI=1S/C21H32N2O5S/c1-4-23-19-7-5-6-11-21(19,12-14-29(23,25)26)20(24)22-13-10-16-8-9-17(27-2)18(15-16)28-3/h8-9,15,19H,4-7,10-14H2,1-3H3,(H,22,24)/t19-,21-/m1/s1. The Labute approximate surface area is 173 Å². The molecule has 1 saturated heterocycles. The van der Waals surface area contributed by atoms with E-state index >= 15 is 0 Å². The monoisotopic (exact) mass is 424 g/mol. The first-order valence-electron chi connectivity index (χ1n) is 10.4. The smallest absolute Gasteiger partial charge is 0.227 e. The largest absolute Gasteiger partial charge is 0.493 e. The van der Waals surface area contributed by atoms with Gasteiger partial charge in [-0.15, -0.1) is 0 Å². The number of amides is 1. The molecule has 0 radical (unpaired) electrons. The van der Waals surface area contributed by atoms with E-state index in [9.17, 15) is 13.2 Å². The van der Waals surface area contributed by atoms with E-state index in [1.54, 1.807) is 18.5 Å². The molecule has 29 heavy (non-hydrogen) atoms. The molecule has 1 aliphatic carbocycles. The summed E-state index contributed by atoms with van der Waals surface area (Å²) in [6.45, 7) is 2.78. The number of hydrogen-bond donors (Lipinski definition) is 1. The van der Waals surface area contributed by atoms with Gasteiger partial charge < -0.3 is 14.8 Å². The van der Waals surface area contributed by atoms with Crippen molar-refractivity contribution in [2.24, 2.45) is 5.41 Å². The van der Waals surface area contributed by atoms with Crippen LogP contribution in [-0.2, 0) is 21.2 Å². The van der Waals surface area contributed by atoms with Crippen LogP contribution in [0, 0.1) is 5.41 Å². The fourth-order valence-electron chi connectivity index (χ4n) is 4.88. The zero-order chi connectivity index (χ0) is 21.1. The van der Waals surface area contributed by atoms with Crippen LogP contribution in [0.2, 0.25) is 0 Å². The van der Waals surface area contributed by atoms with Crippen molar-refractivity contribution >= 4 is 15.9 Å². The summed E-state index contributed by atoms with van der Waals surface area (Å²) in [5.74, 6) is 1.39. The van der Waals surface area contributed by atoms with Crippen LogP contribution < -0.4 is 14.8 Å². The van der Waals surface area contributed by atoms with Crippen LogP contribution in [0.1, 0.15) is 44.6 Å². The summed E-state index contributed by atoms with van der Waals surface area (Å²) in [6, 6.07) is 5.51. The van der Waals surface area contributed by atoms with Crippen LogP contribution in [-0.4, -0.2) is 57.7 Å². The number of ether oxygens (including phenoxy) is 2. The van der Waals surface area contributed by atoms with Crippen LogP contribution >= 0.6 is 0 Å². The third kappa shape index (κ3) is 4.23. The van der Waals surface area contributed by atoms with Crippen molar-refractivity contribution in [3.63, 3.8) is 0 Å². The molecule has 1 aromatic carbocycles. The normalized spacial score (nSPS) is 26.4. The Morgan fingerprint density at radius 1 is 1.21 bits per heavy atom. The van der Waals surface area contributed by atoms with Crippen molar-refractivity contribution in [3.05, 3.63) is 23.8 Å². The first-order chi connectivity index (χ1) is 13.9. The van der Waals surface area contributed by atoms with E-state index in [0.717, 1.165) is 31.2 Å². The molecule has 162 valence electrons. The molecule has 0 spiro atoms. The number of benzene rings is 1. The van der Waals surface area contributed by atoms with Crippen LogP contribution in [0.15, 0.2) is 18.2 Å². The number of carbonyl (C=O) groups excluding carboxylic acids is 1. The Hall–Kier alpha value is -1.80. The lowest BCUT2D eigenvalue weighted by atomic mass is 9.67. The summed E-state index contributed by atoms with van der Waals surface area (Å²) in [5, 5.41) is 3.10. The molecular weight excluding hydrogens is 392 g/mol. The number of nitrogens with one attached hydrogen (secondary N) is 1. The lowest BCUT2D eigenvalue weighted by molar-refractivity contribution is -0.137. The SMILES string of the molecule is CCN1[C@@H]2CCCC[C@@]2(C(=O)NCCc2ccc(OC)c(OC)c2)CCS1(=O)=O. The molecule has 8 heteroatoms. The highest BCUT2D eigenvalue weighted by Crippen LogP contribution is 2.46. The van der Waals surface area contributed by atoms with Gasteiger partial charge in [0.25, 0.3) is 0 Å². The van der Waals surface area contributed by atoms with E-state index in [0.29, 0.717) is 37.4 Å². The number of nitrogens with zero attached hydrogens (tertiary/aromatic N) is 1. The number of carbonyl (C=O) groups is 1. The molecule has 1 heterocycles. The van der Waals surface area contributed by atoms with Gasteiger partial charge in [0.2, 0.25) is 15.9 Å². The molecule has 2 aliphatic rings. The van der Waals surface area contributed by atoms with Crippen molar-refractivity contribution in [2.75, 3.05) is 33.1 Å². The summed E-state index contributed by atoms with van der Waals surface area (Å²) in [5.41, 5.74) is 0.444. The molecule has 2 atom stereocenters. The van der Waals surface area contributed by atoms with Gasteiger partial charge >= 0.3 is 0 Å². The highest BCUT2D eigenvalue weighted by Gasteiger charge is 2.54. The Balaban J connectivity index is 1.69. The molecule has 1 N–H and O–H groups in total. The second-order valence-electron chi connectivity index (χ2n) is 7.88. The lowest BCUT2D eigenvalue weighted by Gasteiger charge is -2.50. The van der Waals surface area contributed by atoms with Gasteiger partial charge in [-0.3, -0.25) is 4.79 Å². The van der Waals surface area contributed by atoms with Crippen molar-refractivity contribution in [2.45, 2.75) is 51.5 Å². The Morgan fingerprint density at radius 2 is 1.97 bits per heavy atom. The van der Waals surface area contributed by atoms with Gasteiger partial charge in [0.1, 0.15) is 0 Å². The van der Waals surface area contributed by atoms with Crippen LogP contribution in [0.3, 0.4) is 0 Å². The minimum Gasteiger partial charge on any atom is -0.493 e. The summed E-state index contributed by atoms with van der Waals surface area (Å²) in [7, 11) is -0.0675. The number of hydrogen-bond acceptors (Lipinski definition) is 5. The van der Waals surface area contributed by atoms with Crippen LogP contribution in [0.25, 0.3) is 0 Å². The molecule has 1 aliphatic heterocycles. The van der Waals surface area contributed by atoms with Crippen LogP contribution in [0.5, 0.6) is 11.5 Å². The second-order valence-corrected chi connectivity index (χ2v) is 9.92. The highest BCUT2D eigenvalue weighted by molar-refractivity contribution is 7.89. The summed E-state index contributed by atoms with van der Waals surface area (Å²) in [4.78, 5) is 13.3. The maximum Gasteiger partial charge on any atom is 0.227 e. The predicted molar refractivity (Wildman–Crippen MR) is 112 cm³/mol. The van der Waals surface area contributed by atoms with Gasteiger partial charge in [-0.1, -0.05) is 25.8 Å². The molecule has 1 amide bonds. The number of rotatable bonds is 7. The minimum atomic E-state index is -3.27. The molecule has 3 rings (SSSR count). The van der Waals surface area contributed by atoms with E-state index < -0.39 is 15.4 Å². The maximum absolute atomic E-state index is 13.3. The Bertz CT molecular complexity index is 841. The fraction of sp³-hybridized carbons (Fsp3) is 0.667. The predicted octanol–water partition coefficient (Wildman–Crippen LogP) is 2.35. The minimum absolute atomic E-state index is 0.00368. The molecule has 0 bridgehead atoms. The van der Waals surface area contributed by atoms with E-state index in [1.807, 2.05) is 25.1 Å². The van der Waals surface area contributed by atoms with E-state index in [-0.39, 0.29) is 17.7 Å². The average molecular weight is 425 g/mol. The van der Waals surface area contributed by atoms with Crippen molar-refractivity contribution in [1.82, 2.24) is 9.62 Å². The highest BCUT2D eigenvalue weighted by atomic mass is 32.2. The topological polar surface area (TPSA) is 84.9 Å². The van der Waals surface area contributed by atoms with Crippen LogP contribution in [0.4, 0.5) is 0 Å². The third-order valence-corrected chi connectivity index (χ3v) is 8.36. The maximum atomic E-state index is 13.3. The number of sulfonamides is 1. The number of fused-ring (bicyclic) bond motifs is 1. The third-order valence-electron chi connectivity index (χ3n) is 6.41. The quantitative estimate of drug-likeness (QED) is 0.726. The van der Waals surface area contributed by atoms with Crippen molar-refractivity contribution < 1.29 is 22.7 Å². The number of methoxy groups -OCH3 is 2. The first-order valence-corrected chi connectivity index (χ1v) is 12.0. The summed E-state index contributed by atoms with van der Waals surface area (Å²) >= 11 is 0. The van der Waals surface area contributed by atoms with E-state index in [4.69, 9.17) is 9.47 Å². The van der Waals surface area contributed by atoms with E-state index in [1.165, 1.54) is 0 Å². The first kappa shape index (κ1) is 21.9. The van der Waals surface area contributed by atoms with Crippen molar-refractivity contribution in [3.8, 4) is 11.5 Å².